The summed E-state index contributed by atoms with van der Waals surface area (Å²) in [7, 11) is 0. The molecule has 0 aliphatic carbocycles. The van der Waals surface area contributed by atoms with Gasteiger partial charge in [-0.15, -0.1) is 0 Å². The Morgan fingerprint density at radius 3 is 2.79 bits per heavy atom. The van der Waals surface area contributed by atoms with E-state index < -0.39 is 11.4 Å². The number of aryl methyl sites for hydroxylation is 2. The van der Waals surface area contributed by atoms with Crippen molar-refractivity contribution in [3.63, 3.8) is 0 Å². The molecule has 0 radical (unpaired) electrons. The van der Waals surface area contributed by atoms with Gasteiger partial charge in [-0.05, 0) is 26.0 Å². The summed E-state index contributed by atoms with van der Waals surface area (Å²) in [5, 5.41) is 3.88. The van der Waals surface area contributed by atoms with Gasteiger partial charge in [0, 0.05) is 0 Å². The molecule has 0 fully saturated rings. The maximum atomic E-state index is 13.2. The fourth-order valence-corrected chi connectivity index (χ4v) is 1.21. The highest BCUT2D eigenvalue weighted by Gasteiger charge is 2.08. The van der Waals surface area contributed by atoms with E-state index in [1.165, 1.54) is 6.92 Å². The van der Waals surface area contributed by atoms with E-state index in [1.54, 1.807) is 19.1 Å². The summed E-state index contributed by atoms with van der Waals surface area (Å²) < 4.78 is 14.1. The molecule has 0 saturated carbocycles. The first-order chi connectivity index (χ1) is 6.59. The summed E-state index contributed by atoms with van der Waals surface area (Å²) >= 11 is 0. The SMILES string of the molecule is Cc1ccc2nc(C)c(F)c(=O)n2n1. The number of fused-ring (bicyclic) bond motifs is 1. The van der Waals surface area contributed by atoms with Crippen molar-refractivity contribution in [1.29, 1.82) is 0 Å². The first-order valence-electron chi connectivity index (χ1n) is 4.12. The van der Waals surface area contributed by atoms with Gasteiger partial charge in [-0.3, -0.25) is 4.79 Å². The monoisotopic (exact) mass is 193 g/mol. The van der Waals surface area contributed by atoms with Gasteiger partial charge >= 0.3 is 5.56 Å². The topological polar surface area (TPSA) is 47.3 Å². The molecule has 14 heavy (non-hydrogen) atoms. The van der Waals surface area contributed by atoms with Gasteiger partial charge in [-0.25, -0.2) is 4.98 Å². The minimum Gasteiger partial charge on any atom is -0.264 e. The fourth-order valence-electron chi connectivity index (χ4n) is 1.21. The molecule has 2 heterocycles. The van der Waals surface area contributed by atoms with Crippen LogP contribution in [0.3, 0.4) is 0 Å². The summed E-state index contributed by atoms with van der Waals surface area (Å²) in [4.78, 5) is 15.3. The number of hydrogen-bond donors (Lipinski definition) is 0. The minimum absolute atomic E-state index is 0.0978. The Morgan fingerprint density at radius 2 is 2.07 bits per heavy atom. The average Bonchev–Trinajstić information content (AvgIpc) is 2.16. The standard InChI is InChI=1S/C9H8FN3O/c1-5-3-4-7-11-6(2)8(10)9(14)13(7)12-5/h3-4H,1-2H3. The van der Waals surface area contributed by atoms with E-state index in [-0.39, 0.29) is 5.69 Å². The molecule has 2 aromatic heterocycles. The van der Waals surface area contributed by atoms with E-state index in [1.807, 2.05) is 0 Å². The second-order valence-electron chi connectivity index (χ2n) is 3.06. The molecule has 5 heteroatoms. The molecule has 2 aromatic rings. The van der Waals surface area contributed by atoms with E-state index >= 15 is 0 Å². The van der Waals surface area contributed by atoms with E-state index in [0.717, 1.165) is 4.52 Å². The average molecular weight is 193 g/mol. The number of aromatic nitrogens is 3. The molecular formula is C9H8FN3O. The third-order valence-corrected chi connectivity index (χ3v) is 1.93. The van der Waals surface area contributed by atoms with Crippen LogP contribution in [-0.4, -0.2) is 14.6 Å². The Hall–Kier alpha value is -1.78. The van der Waals surface area contributed by atoms with Crippen LogP contribution < -0.4 is 5.56 Å². The van der Waals surface area contributed by atoms with Gasteiger partial charge < -0.3 is 0 Å². The molecule has 0 amide bonds. The van der Waals surface area contributed by atoms with Gasteiger partial charge in [-0.1, -0.05) is 0 Å². The Labute approximate surface area is 79.0 Å². The van der Waals surface area contributed by atoms with E-state index in [2.05, 4.69) is 10.1 Å². The van der Waals surface area contributed by atoms with Crippen LogP contribution in [0.2, 0.25) is 0 Å². The first-order valence-corrected chi connectivity index (χ1v) is 4.12. The van der Waals surface area contributed by atoms with Crippen molar-refractivity contribution >= 4 is 5.65 Å². The Bertz CT molecular complexity index is 562. The highest BCUT2D eigenvalue weighted by molar-refractivity contribution is 5.37. The van der Waals surface area contributed by atoms with Crippen LogP contribution in [0.15, 0.2) is 16.9 Å². The Balaban J connectivity index is 2.99. The lowest BCUT2D eigenvalue weighted by molar-refractivity contribution is 0.576. The van der Waals surface area contributed by atoms with Crippen LogP contribution in [0.25, 0.3) is 5.65 Å². The van der Waals surface area contributed by atoms with Crippen LogP contribution in [0, 0.1) is 19.7 Å². The summed E-state index contributed by atoms with van der Waals surface area (Å²) in [5.74, 6) is -0.847. The lowest BCUT2D eigenvalue weighted by Gasteiger charge is -2.01. The minimum atomic E-state index is -0.847. The van der Waals surface area contributed by atoms with Crippen LogP contribution in [0.5, 0.6) is 0 Å². The van der Waals surface area contributed by atoms with Gasteiger partial charge in [0.2, 0.25) is 5.82 Å². The molecule has 0 saturated heterocycles. The second-order valence-corrected chi connectivity index (χ2v) is 3.06. The van der Waals surface area contributed by atoms with Gasteiger partial charge in [0.15, 0.2) is 5.65 Å². The largest absolute Gasteiger partial charge is 0.310 e. The summed E-state index contributed by atoms with van der Waals surface area (Å²) in [6.07, 6.45) is 0. The molecule has 0 N–H and O–H groups in total. The molecule has 2 rings (SSSR count). The molecule has 0 bridgehead atoms. The summed E-state index contributed by atoms with van der Waals surface area (Å²) in [6, 6.07) is 3.36. The molecule has 0 aliphatic rings. The van der Waals surface area contributed by atoms with Crippen molar-refractivity contribution in [3.8, 4) is 0 Å². The maximum absolute atomic E-state index is 13.2. The Morgan fingerprint density at radius 1 is 1.36 bits per heavy atom. The van der Waals surface area contributed by atoms with Crippen molar-refractivity contribution < 1.29 is 4.39 Å². The molecular weight excluding hydrogens is 185 g/mol. The van der Waals surface area contributed by atoms with Gasteiger partial charge in [0.25, 0.3) is 0 Å². The first kappa shape index (κ1) is 8.80. The zero-order chi connectivity index (χ0) is 10.3. The normalized spacial score (nSPS) is 10.8. The second kappa shape index (κ2) is 2.87. The Kier molecular flexibility index (Phi) is 1.80. The quantitative estimate of drug-likeness (QED) is 0.623. The van der Waals surface area contributed by atoms with Crippen molar-refractivity contribution in [2.45, 2.75) is 13.8 Å². The van der Waals surface area contributed by atoms with Crippen molar-refractivity contribution in [3.05, 3.63) is 39.7 Å². The molecule has 0 aromatic carbocycles. The molecule has 72 valence electrons. The van der Waals surface area contributed by atoms with E-state index in [9.17, 15) is 9.18 Å². The van der Waals surface area contributed by atoms with Gasteiger partial charge in [-0.2, -0.15) is 14.0 Å². The van der Waals surface area contributed by atoms with Crippen molar-refractivity contribution in [1.82, 2.24) is 14.6 Å². The molecule has 4 nitrogen and oxygen atoms in total. The van der Waals surface area contributed by atoms with Crippen LogP contribution in [0.4, 0.5) is 4.39 Å². The highest BCUT2D eigenvalue weighted by Crippen LogP contribution is 2.01. The highest BCUT2D eigenvalue weighted by atomic mass is 19.1. The predicted octanol–water partition coefficient (Wildman–Crippen LogP) is 0.845. The van der Waals surface area contributed by atoms with Crippen LogP contribution in [0.1, 0.15) is 11.4 Å². The molecule has 0 aliphatic heterocycles. The zero-order valence-electron chi connectivity index (χ0n) is 7.78. The predicted molar refractivity (Wildman–Crippen MR) is 48.7 cm³/mol. The lowest BCUT2D eigenvalue weighted by atomic mass is 10.4. The lowest BCUT2D eigenvalue weighted by Crippen LogP contribution is -2.22. The molecule has 0 unspecified atom stereocenters. The third-order valence-electron chi connectivity index (χ3n) is 1.93. The van der Waals surface area contributed by atoms with E-state index in [0.29, 0.717) is 11.3 Å². The number of rotatable bonds is 0. The summed E-state index contributed by atoms with van der Waals surface area (Å²) in [5.41, 5.74) is 0.348. The number of halogens is 1. The van der Waals surface area contributed by atoms with Gasteiger partial charge in [0.1, 0.15) is 0 Å². The van der Waals surface area contributed by atoms with Crippen LogP contribution >= 0.6 is 0 Å². The molecule has 0 atom stereocenters. The summed E-state index contributed by atoms with van der Waals surface area (Å²) in [6.45, 7) is 3.18. The number of nitrogens with zero attached hydrogens (tertiary/aromatic N) is 3. The van der Waals surface area contributed by atoms with Crippen molar-refractivity contribution in [2.75, 3.05) is 0 Å². The smallest absolute Gasteiger partial charge is 0.264 e. The van der Waals surface area contributed by atoms with E-state index in [4.69, 9.17) is 0 Å². The maximum Gasteiger partial charge on any atom is 0.310 e. The number of hydrogen-bond acceptors (Lipinski definition) is 3. The third kappa shape index (κ3) is 1.17. The molecule has 0 spiro atoms. The van der Waals surface area contributed by atoms with Gasteiger partial charge in [0.05, 0.1) is 11.4 Å². The van der Waals surface area contributed by atoms with Crippen LogP contribution in [-0.2, 0) is 0 Å². The van der Waals surface area contributed by atoms with Crippen molar-refractivity contribution in [2.24, 2.45) is 0 Å². The zero-order valence-corrected chi connectivity index (χ0v) is 7.78. The fraction of sp³-hybridized carbons (Fsp3) is 0.222.